The molecular weight excluding hydrogens is 162 g/mol. The van der Waals surface area contributed by atoms with Crippen LogP contribution in [0.5, 0.6) is 0 Å². The highest BCUT2D eigenvalue weighted by Gasteiger charge is 2.14. The lowest BCUT2D eigenvalue weighted by Crippen LogP contribution is -2.21. The number of nitrogens with zero attached hydrogens (tertiary/aromatic N) is 3. The third kappa shape index (κ3) is 1.41. The van der Waals surface area contributed by atoms with Crippen molar-refractivity contribution >= 4 is 11.0 Å². The molecule has 0 N–H and O–H groups in total. The lowest BCUT2D eigenvalue weighted by Gasteiger charge is -2.18. The quantitative estimate of drug-likeness (QED) is 0.614. The van der Waals surface area contributed by atoms with E-state index in [2.05, 4.69) is 30.9 Å². The van der Waals surface area contributed by atoms with E-state index in [4.69, 9.17) is 0 Å². The molecule has 68 valence electrons. The molecule has 2 rings (SSSR count). The molecule has 3 nitrogen and oxygen atoms in total. The Kier molecular flexibility index (Phi) is 1.62. The number of rotatable bonds is 0. The molecule has 0 aliphatic rings. The minimum atomic E-state index is 0.0285. The van der Waals surface area contributed by atoms with Crippen molar-refractivity contribution < 1.29 is 0 Å². The van der Waals surface area contributed by atoms with E-state index in [9.17, 15) is 0 Å². The van der Waals surface area contributed by atoms with Gasteiger partial charge in [0, 0.05) is 17.8 Å². The molecule has 0 atom stereocenters. The van der Waals surface area contributed by atoms with Gasteiger partial charge in [-0.25, -0.2) is 4.98 Å². The van der Waals surface area contributed by atoms with Crippen molar-refractivity contribution in [2.24, 2.45) is 0 Å². The molecule has 0 saturated heterocycles. The van der Waals surface area contributed by atoms with Crippen LogP contribution in [0, 0.1) is 0 Å². The topological polar surface area (TPSA) is 30.7 Å². The number of aromatic nitrogens is 3. The Hall–Kier alpha value is -1.38. The van der Waals surface area contributed by atoms with Crippen LogP contribution in [0.1, 0.15) is 20.8 Å². The number of hydrogen-bond acceptors (Lipinski definition) is 2. The van der Waals surface area contributed by atoms with Gasteiger partial charge < -0.3 is 0 Å². The van der Waals surface area contributed by atoms with Crippen LogP contribution < -0.4 is 0 Å². The Bertz CT molecular complexity index is 390. The van der Waals surface area contributed by atoms with Gasteiger partial charge in [-0.2, -0.15) is 5.10 Å². The summed E-state index contributed by atoms with van der Waals surface area (Å²) in [5, 5.41) is 5.48. The summed E-state index contributed by atoms with van der Waals surface area (Å²) in [6.45, 7) is 6.37. The number of fused-ring (bicyclic) bond motifs is 1. The highest BCUT2D eigenvalue weighted by molar-refractivity contribution is 5.73. The predicted octanol–water partition coefficient (Wildman–Crippen LogP) is 2.19. The van der Waals surface area contributed by atoms with Gasteiger partial charge in [-0.15, -0.1) is 0 Å². The molecular formula is C10H13N3. The fraction of sp³-hybridized carbons (Fsp3) is 0.400. The van der Waals surface area contributed by atoms with Gasteiger partial charge in [0.1, 0.15) is 0 Å². The summed E-state index contributed by atoms with van der Waals surface area (Å²) in [4.78, 5) is 4.18. The van der Waals surface area contributed by atoms with Crippen LogP contribution in [-0.2, 0) is 5.54 Å². The van der Waals surface area contributed by atoms with Crippen molar-refractivity contribution in [1.82, 2.24) is 14.8 Å². The SMILES string of the molecule is CC(C)(C)n1cc2cccnc2n1. The van der Waals surface area contributed by atoms with E-state index in [0.717, 1.165) is 11.0 Å². The van der Waals surface area contributed by atoms with Gasteiger partial charge in [0.25, 0.3) is 0 Å². The molecule has 3 heteroatoms. The van der Waals surface area contributed by atoms with Crippen molar-refractivity contribution in [1.29, 1.82) is 0 Å². The molecule has 2 heterocycles. The van der Waals surface area contributed by atoms with Crippen molar-refractivity contribution in [3.05, 3.63) is 24.5 Å². The zero-order chi connectivity index (χ0) is 9.47. The predicted molar refractivity (Wildman–Crippen MR) is 52.5 cm³/mol. The second kappa shape index (κ2) is 2.55. The first-order chi connectivity index (χ1) is 6.07. The average Bonchev–Trinajstić information content (AvgIpc) is 2.45. The second-order valence-electron chi connectivity index (χ2n) is 4.16. The van der Waals surface area contributed by atoms with E-state index in [0.29, 0.717) is 0 Å². The van der Waals surface area contributed by atoms with Crippen LogP contribution in [0.3, 0.4) is 0 Å². The highest BCUT2D eigenvalue weighted by atomic mass is 15.3. The van der Waals surface area contributed by atoms with Gasteiger partial charge in [-0.05, 0) is 32.9 Å². The van der Waals surface area contributed by atoms with E-state index in [1.165, 1.54) is 0 Å². The first kappa shape index (κ1) is 8.23. The van der Waals surface area contributed by atoms with E-state index < -0.39 is 0 Å². The Balaban J connectivity index is 2.63. The molecule has 0 bridgehead atoms. The fourth-order valence-electron chi connectivity index (χ4n) is 1.20. The van der Waals surface area contributed by atoms with Gasteiger partial charge in [0.2, 0.25) is 0 Å². The molecule has 13 heavy (non-hydrogen) atoms. The van der Waals surface area contributed by atoms with Gasteiger partial charge in [-0.3, -0.25) is 4.68 Å². The Labute approximate surface area is 77.4 Å². The van der Waals surface area contributed by atoms with Crippen molar-refractivity contribution in [2.45, 2.75) is 26.3 Å². The first-order valence-electron chi connectivity index (χ1n) is 4.38. The van der Waals surface area contributed by atoms with Gasteiger partial charge in [-0.1, -0.05) is 0 Å². The summed E-state index contributed by atoms with van der Waals surface area (Å²) in [6, 6.07) is 3.95. The van der Waals surface area contributed by atoms with Crippen LogP contribution >= 0.6 is 0 Å². The Morgan fingerprint density at radius 2 is 2.08 bits per heavy atom. The highest BCUT2D eigenvalue weighted by Crippen LogP contribution is 2.16. The lowest BCUT2D eigenvalue weighted by molar-refractivity contribution is 0.358. The molecule has 0 aliphatic heterocycles. The average molecular weight is 175 g/mol. The summed E-state index contributed by atoms with van der Waals surface area (Å²) in [5.41, 5.74) is 0.846. The molecule has 0 unspecified atom stereocenters. The van der Waals surface area contributed by atoms with Crippen LogP contribution in [0.4, 0.5) is 0 Å². The summed E-state index contributed by atoms with van der Waals surface area (Å²) in [7, 11) is 0. The first-order valence-corrected chi connectivity index (χ1v) is 4.38. The lowest BCUT2D eigenvalue weighted by atomic mass is 10.1. The molecule has 0 amide bonds. The maximum absolute atomic E-state index is 4.39. The Morgan fingerprint density at radius 1 is 1.31 bits per heavy atom. The zero-order valence-corrected chi connectivity index (χ0v) is 8.15. The van der Waals surface area contributed by atoms with E-state index >= 15 is 0 Å². The normalized spacial score (nSPS) is 12.2. The molecule has 0 radical (unpaired) electrons. The van der Waals surface area contributed by atoms with E-state index in [1.54, 1.807) is 6.20 Å². The third-order valence-corrected chi connectivity index (χ3v) is 1.97. The van der Waals surface area contributed by atoms with E-state index in [1.807, 2.05) is 23.0 Å². The molecule has 0 saturated carbocycles. The largest absolute Gasteiger partial charge is 0.265 e. The molecule has 2 aromatic heterocycles. The summed E-state index contributed by atoms with van der Waals surface area (Å²) in [6.07, 6.45) is 3.80. The maximum atomic E-state index is 4.39. The monoisotopic (exact) mass is 175 g/mol. The fourth-order valence-corrected chi connectivity index (χ4v) is 1.20. The van der Waals surface area contributed by atoms with Gasteiger partial charge >= 0.3 is 0 Å². The minimum absolute atomic E-state index is 0.0285. The molecule has 2 aromatic rings. The maximum Gasteiger partial charge on any atom is 0.181 e. The minimum Gasteiger partial charge on any atom is -0.265 e. The second-order valence-corrected chi connectivity index (χ2v) is 4.16. The smallest absolute Gasteiger partial charge is 0.181 e. The van der Waals surface area contributed by atoms with Crippen molar-refractivity contribution in [2.75, 3.05) is 0 Å². The van der Waals surface area contributed by atoms with E-state index in [-0.39, 0.29) is 5.54 Å². The molecule has 0 fully saturated rings. The van der Waals surface area contributed by atoms with Crippen LogP contribution in [0.25, 0.3) is 11.0 Å². The number of hydrogen-bond donors (Lipinski definition) is 0. The van der Waals surface area contributed by atoms with Crippen LogP contribution in [-0.4, -0.2) is 14.8 Å². The summed E-state index contributed by atoms with van der Waals surface area (Å²) >= 11 is 0. The summed E-state index contributed by atoms with van der Waals surface area (Å²) < 4.78 is 1.95. The van der Waals surface area contributed by atoms with Crippen LogP contribution in [0.15, 0.2) is 24.5 Å². The van der Waals surface area contributed by atoms with Gasteiger partial charge in [0.05, 0.1) is 5.54 Å². The molecule has 0 aliphatic carbocycles. The Morgan fingerprint density at radius 3 is 2.69 bits per heavy atom. The van der Waals surface area contributed by atoms with Crippen molar-refractivity contribution in [3.63, 3.8) is 0 Å². The van der Waals surface area contributed by atoms with Crippen LogP contribution in [0.2, 0.25) is 0 Å². The molecule has 0 spiro atoms. The standard InChI is InChI=1S/C10H13N3/c1-10(2,3)13-7-8-5-4-6-11-9(8)12-13/h4-7H,1-3H3. The number of pyridine rings is 1. The zero-order valence-electron chi connectivity index (χ0n) is 8.15. The molecule has 0 aromatic carbocycles. The third-order valence-electron chi connectivity index (χ3n) is 1.97. The summed E-state index contributed by atoms with van der Waals surface area (Å²) in [5.74, 6) is 0. The van der Waals surface area contributed by atoms with Crippen molar-refractivity contribution in [3.8, 4) is 0 Å². The van der Waals surface area contributed by atoms with Gasteiger partial charge in [0.15, 0.2) is 5.65 Å².